The number of fused-ring (bicyclic) bond motifs is 1. The maximum atomic E-state index is 12.5. The molecule has 0 atom stereocenters. The Labute approximate surface area is 144 Å². The molecule has 0 aliphatic rings. The van der Waals surface area contributed by atoms with E-state index >= 15 is 0 Å². The maximum Gasteiger partial charge on any atom is 0.260 e. The molecule has 120 valence electrons. The molecule has 1 N–H and O–H groups in total. The first-order valence-corrected chi connectivity index (χ1v) is 9.77. The molecule has 3 aromatic rings. The minimum absolute atomic E-state index is 0.0372. The number of H-pyrrole nitrogens is 1. The monoisotopic (exact) mass is 344 g/mol. The molecule has 0 saturated carbocycles. The predicted octanol–water partition coefficient (Wildman–Crippen LogP) is 5.24. The van der Waals surface area contributed by atoms with Gasteiger partial charge in [0.15, 0.2) is 5.16 Å². The number of unbranched alkanes of at least 4 members (excludes halogenated alkanes) is 2. The summed E-state index contributed by atoms with van der Waals surface area (Å²) in [6.07, 6.45) is 3.58. The Balaban J connectivity index is 1.92. The van der Waals surface area contributed by atoms with Gasteiger partial charge in [0.2, 0.25) is 0 Å². The zero-order chi connectivity index (χ0) is 16.2. The van der Waals surface area contributed by atoms with Gasteiger partial charge in [0, 0.05) is 16.7 Å². The van der Waals surface area contributed by atoms with Crippen LogP contribution in [0, 0.1) is 6.92 Å². The van der Waals surface area contributed by atoms with Crippen LogP contribution in [0.15, 0.2) is 39.6 Å². The summed E-state index contributed by atoms with van der Waals surface area (Å²) in [6, 6.07) is 8.25. The van der Waals surface area contributed by atoms with Crippen molar-refractivity contribution in [3.8, 4) is 11.1 Å². The molecule has 5 heteroatoms. The van der Waals surface area contributed by atoms with Gasteiger partial charge in [0.05, 0.1) is 5.39 Å². The molecule has 0 aliphatic carbocycles. The first-order valence-electron chi connectivity index (χ1n) is 7.90. The van der Waals surface area contributed by atoms with Crippen LogP contribution in [0.25, 0.3) is 21.3 Å². The Morgan fingerprint density at radius 2 is 2.00 bits per heavy atom. The topological polar surface area (TPSA) is 45.8 Å². The number of thioether (sulfide) groups is 1. The number of thiophene rings is 1. The molecule has 3 rings (SSSR count). The maximum absolute atomic E-state index is 12.5. The van der Waals surface area contributed by atoms with E-state index < -0.39 is 0 Å². The highest BCUT2D eigenvalue weighted by Gasteiger charge is 2.13. The first-order chi connectivity index (χ1) is 11.2. The van der Waals surface area contributed by atoms with Crippen LogP contribution in [0.4, 0.5) is 0 Å². The van der Waals surface area contributed by atoms with E-state index in [0.29, 0.717) is 5.39 Å². The SMILES string of the molecule is CCCCCSc1nc2scc(-c3ccc(C)cc3)c2c(=O)[nH]1. The first kappa shape index (κ1) is 16.3. The third kappa shape index (κ3) is 3.67. The van der Waals surface area contributed by atoms with Crippen molar-refractivity contribution in [2.75, 3.05) is 5.75 Å². The van der Waals surface area contributed by atoms with Gasteiger partial charge < -0.3 is 4.98 Å². The third-order valence-electron chi connectivity index (χ3n) is 3.77. The van der Waals surface area contributed by atoms with E-state index in [0.717, 1.165) is 33.3 Å². The molecular weight excluding hydrogens is 324 g/mol. The second-order valence-corrected chi connectivity index (χ2v) is 7.56. The summed E-state index contributed by atoms with van der Waals surface area (Å²) in [4.78, 5) is 20.9. The average molecular weight is 345 g/mol. The number of nitrogens with zero attached hydrogens (tertiary/aromatic N) is 1. The van der Waals surface area contributed by atoms with Gasteiger partial charge in [-0.15, -0.1) is 11.3 Å². The minimum atomic E-state index is -0.0372. The Bertz CT molecular complexity index is 850. The summed E-state index contributed by atoms with van der Waals surface area (Å²) in [7, 11) is 0. The lowest BCUT2D eigenvalue weighted by atomic mass is 10.1. The number of rotatable bonds is 6. The number of aromatic amines is 1. The standard InChI is InChI=1S/C18H20N2OS2/c1-3-4-5-10-22-18-19-16(21)15-14(11-23-17(15)20-18)13-8-6-12(2)7-9-13/h6-9,11H,3-5,10H2,1-2H3,(H,19,20,21). The number of aromatic nitrogens is 2. The lowest BCUT2D eigenvalue weighted by Gasteiger charge is -2.02. The smallest absolute Gasteiger partial charge is 0.260 e. The fraction of sp³-hybridized carbons (Fsp3) is 0.333. The second kappa shape index (κ2) is 7.32. The van der Waals surface area contributed by atoms with Crippen molar-refractivity contribution in [2.45, 2.75) is 38.3 Å². The number of nitrogens with one attached hydrogen (secondary N) is 1. The van der Waals surface area contributed by atoms with Crippen LogP contribution >= 0.6 is 23.1 Å². The van der Waals surface area contributed by atoms with Gasteiger partial charge in [-0.25, -0.2) is 4.98 Å². The molecule has 0 aliphatic heterocycles. The summed E-state index contributed by atoms with van der Waals surface area (Å²) in [6.45, 7) is 4.25. The molecule has 0 saturated heterocycles. The van der Waals surface area contributed by atoms with Gasteiger partial charge in [0.1, 0.15) is 4.83 Å². The lowest BCUT2D eigenvalue weighted by molar-refractivity contribution is 0.777. The number of benzene rings is 1. The van der Waals surface area contributed by atoms with Crippen LogP contribution in [0.1, 0.15) is 31.7 Å². The molecule has 0 amide bonds. The molecule has 23 heavy (non-hydrogen) atoms. The van der Waals surface area contributed by atoms with Crippen molar-refractivity contribution >= 4 is 33.3 Å². The van der Waals surface area contributed by atoms with Crippen molar-refractivity contribution in [2.24, 2.45) is 0 Å². The van der Waals surface area contributed by atoms with Gasteiger partial charge in [-0.2, -0.15) is 0 Å². The molecule has 0 radical (unpaired) electrons. The lowest BCUT2D eigenvalue weighted by Crippen LogP contribution is -2.08. The Kier molecular flexibility index (Phi) is 5.18. The van der Waals surface area contributed by atoms with Gasteiger partial charge in [-0.05, 0) is 18.9 Å². The van der Waals surface area contributed by atoms with E-state index in [4.69, 9.17) is 0 Å². The normalized spacial score (nSPS) is 11.2. The quantitative estimate of drug-likeness (QED) is 0.378. The van der Waals surface area contributed by atoms with Gasteiger partial charge in [0.25, 0.3) is 5.56 Å². The molecule has 1 aromatic carbocycles. The van der Waals surface area contributed by atoms with Crippen molar-refractivity contribution in [3.63, 3.8) is 0 Å². The molecule has 2 aromatic heterocycles. The van der Waals surface area contributed by atoms with Crippen LogP contribution in [-0.4, -0.2) is 15.7 Å². The van der Waals surface area contributed by atoms with Crippen LogP contribution in [0.5, 0.6) is 0 Å². The number of hydrogen-bond donors (Lipinski definition) is 1. The van der Waals surface area contributed by atoms with E-state index in [9.17, 15) is 4.79 Å². The molecule has 2 heterocycles. The fourth-order valence-corrected chi connectivity index (χ4v) is 4.33. The molecule has 0 fully saturated rings. The highest BCUT2D eigenvalue weighted by molar-refractivity contribution is 7.99. The summed E-state index contributed by atoms with van der Waals surface area (Å²) in [5.41, 5.74) is 3.22. The van der Waals surface area contributed by atoms with E-state index in [1.165, 1.54) is 18.4 Å². The molecule has 0 spiro atoms. The predicted molar refractivity (Wildman–Crippen MR) is 101 cm³/mol. The van der Waals surface area contributed by atoms with Crippen molar-refractivity contribution in [3.05, 3.63) is 45.6 Å². The van der Waals surface area contributed by atoms with Crippen molar-refractivity contribution in [1.82, 2.24) is 9.97 Å². The molecule has 3 nitrogen and oxygen atoms in total. The number of aryl methyl sites for hydroxylation is 1. The van der Waals surface area contributed by atoms with Crippen LogP contribution < -0.4 is 5.56 Å². The summed E-state index contributed by atoms with van der Waals surface area (Å²) in [5.74, 6) is 0.998. The minimum Gasteiger partial charge on any atom is -0.301 e. The zero-order valence-corrected chi connectivity index (χ0v) is 15.0. The van der Waals surface area contributed by atoms with Crippen LogP contribution in [0.2, 0.25) is 0 Å². The highest BCUT2D eigenvalue weighted by atomic mass is 32.2. The summed E-state index contributed by atoms with van der Waals surface area (Å²) < 4.78 is 0. The largest absolute Gasteiger partial charge is 0.301 e. The van der Waals surface area contributed by atoms with Gasteiger partial charge in [-0.3, -0.25) is 4.79 Å². The van der Waals surface area contributed by atoms with E-state index in [1.807, 2.05) is 5.38 Å². The van der Waals surface area contributed by atoms with Crippen LogP contribution in [0.3, 0.4) is 0 Å². The molecular formula is C18H20N2OS2. The number of hydrogen-bond acceptors (Lipinski definition) is 4. The van der Waals surface area contributed by atoms with Crippen LogP contribution in [-0.2, 0) is 0 Å². The zero-order valence-electron chi connectivity index (χ0n) is 13.4. The van der Waals surface area contributed by atoms with E-state index in [2.05, 4.69) is 48.1 Å². The third-order valence-corrected chi connectivity index (χ3v) is 5.60. The van der Waals surface area contributed by atoms with E-state index in [-0.39, 0.29) is 5.56 Å². The van der Waals surface area contributed by atoms with Gasteiger partial charge in [-0.1, -0.05) is 61.4 Å². The Morgan fingerprint density at radius 1 is 1.22 bits per heavy atom. The summed E-state index contributed by atoms with van der Waals surface area (Å²) in [5, 5.41) is 3.47. The van der Waals surface area contributed by atoms with Crippen molar-refractivity contribution < 1.29 is 0 Å². The Hall–Kier alpha value is -1.59. The average Bonchev–Trinajstić information content (AvgIpc) is 2.97. The Morgan fingerprint density at radius 3 is 2.74 bits per heavy atom. The highest BCUT2D eigenvalue weighted by Crippen LogP contribution is 2.31. The van der Waals surface area contributed by atoms with Gasteiger partial charge >= 0.3 is 0 Å². The van der Waals surface area contributed by atoms with E-state index in [1.54, 1.807) is 23.1 Å². The second-order valence-electron chi connectivity index (χ2n) is 5.62. The molecule has 0 unspecified atom stereocenters. The molecule has 0 bridgehead atoms. The van der Waals surface area contributed by atoms with Crippen molar-refractivity contribution in [1.29, 1.82) is 0 Å². The fourth-order valence-electron chi connectivity index (χ4n) is 2.46. The summed E-state index contributed by atoms with van der Waals surface area (Å²) >= 11 is 3.18.